The molecule has 0 bridgehead atoms. The number of carbonyl (C=O) groups is 1. The molecule has 0 saturated carbocycles. The lowest BCUT2D eigenvalue weighted by molar-refractivity contribution is -0.117. The molecule has 1 heterocycles. The Morgan fingerprint density at radius 1 is 1.48 bits per heavy atom. The number of nitrogens with zero attached hydrogens (tertiary/aromatic N) is 1. The minimum Gasteiger partial charge on any atom is -0.397 e. The van der Waals surface area contributed by atoms with Crippen LogP contribution in [0.4, 0.5) is 15.8 Å². The van der Waals surface area contributed by atoms with Crippen LogP contribution >= 0.6 is 27.3 Å². The molecule has 0 unspecified atom stereocenters. The molecule has 7 heteroatoms. The minimum atomic E-state index is -0.434. The SMILES string of the molecule is CN(CC(=O)Nc1cc(F)ccc1N)Cc1cc(Br)cs1. The van der Waals surface area contributed by atoms with E-state index in [4.69, 9.17) is 5.73 Å². The lowest BCUT2D eigenvalue weighted by Crippen LogP contribution is -2.29. The van der Waals surface area contributed by atoms with Crippen molar-refractivity contribution in [2.45, 2.75) is 6.54 Å². The predicted molar refractivity (Wildman–Crippen MR) is 87.8 cm³/mol. The van der Waals surface area contributed by atoms with Crippen molar-refractivity contribution in [3.05, 3.63) is 44.8 Å². The molecule has 0 radical (unpaired) electrons. The Hall–Kier alpha value is -1.44. The molecule has 3 N–H and O–H groups in total. The van der Waals surface area contributed by atoms with Gasteiger partial charge in [0.2, 0.25) is 5.91 Å². The largest absolute Gasteiger partial charge is 0.397 e. The fourth-order valence-corrected chi connectivity index (χ4v) is 3.36. The lowest BCUT2D eigenvalue weighted by Gasteiger charge is -2.16. The lowest BCUT2D eigenvalue weighted by atomic mass is 10.2. The maximum Gasteiger partial charge on any atom is 0.238 e. The molecule has 0 fully saturated rings. The highest BCUT2D eigenvalue weighted by Gasteiger charge is 2.10. The van der Waals surface area contributed by atoms with Gasteiger partial charge >= 0.3 is 0 Å². The second kappa shape index (κ2) is 7.02. The van der Waals surface area contributed by atoms with E-state index in [9.17, 15) is 9.18 Å². The molecule has 0 aliphatic carbocycles. The van der Waals surface area contributed by atoms with Crippen LogP contribution in [0.1, 0.15) is 4.88 Å². The third-order valence-corrected chi connectivity index (χ3v) is 4.43. The van der Waals surface area contributed by atoms with E-state index < -0.39 is 5.82 Å². The topological polar surface area (TPSA) is 58.4 Å². The molecule has 1 aromatic heterocycles. The van der Waals surface area contributed by atoms with E-state index in [1.54, 1.807) is 11.3 Å². The Labute approximate surface area is 134 Å². The van der Waals surface area contributed by atoms with Crippen molar-refractivity contribution in [2.24, 2.45) is 0 Å². The van der Waals surface area contributed by atoms with Gasteiger partial charge in [0, 0.05) is 21.3 Å². The molecule has 21 heavy (non-hydrogen) atoms. The van der Waals surface area contributed by atoms with Crippen LogP contribution in [0.3, 0.4) is 0 Å². The van der Waals surface area contributed by atoms with Crippen molar-refractivity contribution < 1.29 is 9.18 Å². The van der Waals surface area contributed by atoms with Crippen LogP contribution in [0.15, 0.2) is 34.1 Å². The minimum absolute atomic E-state index is 0.200. The van der Waals surface area contributed by atoms with Crippen LogP contribution in [-0.4, -0.2) is 24.4 Å². The van der Waals surface area contributed by atoms with Crippen molar-refractivity contribution >= 4 is 44.5 Å². The summed E-state index contributed by atoms with van der Waals surface area (Å²) in [6.07, 6.45) is 0. The van der Waals surface area contributed by atoms with Gasteiger partial charge in [0.25, 0.3) is 0 Å². The Morgan fingerprint density at radius 3 is 2.90 bits per heavy atom. The summed E-state index contributed by atoms with van der Waals surface area (Å²) in [7, 11) is 1.85. The zero-order valence-electron chi connectivity index (χ0n) is 11.4. The molecule has 0 atom stereocenters. The second-order valence-electron chi connectivity index (χ2n) is 4.68. The quantitative estimate of drug-likeness (QED) is 0.792. The van der Waals surface area contributed by atoms with Gasteiger partial charge in [-0.3, -0.25) is 9.69 Å². The Kier molecular flexibility index (Phi) is 5.33. The van der Waals surface area contributed by atoms with Gasteiger partial charge in [-0.25, -0.2) is 4.39 Å². The highest BCUT2D eigenvalue weighted by atomic mass is 79.9. The van der Waals surface area contributed by atoms with Crippen LogP contribution < -0.4 is 11.1 Å². The number of rotatable bonds is 5. The molecular weight excluding hydrogens is 357 g/mol. The van der Waals surface area contributed by atoms with Gasteiger partial charge in [-0.15, -0.1) is 11.3 Å². The first-order valence-electron chi connectivity index (χ1n) is 6.20. The molecule has 112 valence electrons. The normalized spacial score (nSPS) is 10.9. The Morgan fingerprint density at radius 2 is 2.24 bits per heavy atom. The number of nitrogens with two attached hydrogens (primary N) is 1. The first-order valence-corrected chi connectivity index (χ1v) is 7.87. The summed E-state index contributed by atoms with van der Waals surface area (Å²) in [5.41, 5.74) is 6.34. The van der Waals surface area contributed by atoms with E-state index in [0.29, 0.717) is 17.9 Å². The summed E-state index contributed by atoms with van der Waals surface area (Å²) in [5.74, 6) is -0.665. The number of likely N-dealkylation sites (N-methyl/N-ethyl adjacent to an activating group) is 1. The zero-order valence-corrected chi connectivity index (χ0v) is 13.8. The van der Waals surface area contributed by atoms with E-state index in [1.165, 1.54) is 18.2 Å². The molecule has 0 aliphatic rings. The number of halogens is 2. The number of nitrogens with one attached hydrogen (secondary N) is 1. The monoisotopic (exact) mass is 371 g/mol. The molecular formula is C14H15BrFN3OS. The van der Waals surface area contributed by atoms with Crippen LogP contribution in [0.5, 0.6) is 0 Å². The van der Waals surface area contributed by atoms with Gasteiger partial charge < -0.3 is 11.1 Å². The third-order valence-electron chi connectivity index (χ3n) is 2.75. The number of hydrogen-bond donors (Lipinski definition) is 2. The summed E-state index contributed by atoms with van der Waals surface area (Å²) in [5, 5.41) is 4.62. The van der Waals surface area contributed by atoms with E-state index in [-0.39, 0.29) is 12.5 Å². The summed E-state index contributed by atoms with van der Waals surface area (Å²) in [6.45, 7) is 0.869. The first kappa shape index (κ1) is 15.9. The standard InChI is InChI=1S/C14H15BrFN3OS/c1-19(6-11-4-9(15)8-21-11)7-14(20)18-13-5-10(16)2-3-12(13)17/h2-5,8H,6-7,17H2,1H3,(H,18,20). The van der Waals surface area contributed by atoms with Gasteiger partial charge in [0.1, 0.15) is 5.82 Å². The Bertz CT molecular complexity index is 647. The molecule has 2 aromatic rings. The van der Waals surface area contributed by atoms with E-state index in [0.717, 1.165) is 9.35 Å². The number of amides is 1. The average Bonchev–Trinajstić information content (AvgIpc) is 2.79. The zero-order chi connectivity index (χ0) is 15.4. The fraction of sp³-hybridized carbons (Fsp3) is 0.214. The van der Waals surface area contributed by atoms with Crippen LogP contribution in [0.25, 0.3) is 0 Å². The smallest absolute Gasteiger partial charge is 0.238 e. The molecule has 4 nitrogen and oxygen atoms in total. The second-order valence-corrected chi connectivity index (χ2v) is 6.59. The number of hydrogen-bond acceptors (Lipinski definition) is 4. The highest BCUT2D eigenvalue weighted by molar-refractivity contribution is 9.10. The van der Waals surface area contributed by atoms with Gasteiger partial charge in [-0.2, -0.15) is 0 Å². The van der Waals surface area contributed by atoms with Gasteiger partial charge in [0.15, 0.2) is 0 Å². The third kappa shape index (κ3) is 4.80. The van der Waals surface area contributed by atoms with Crippen LogP contribution in [-0.2, 0) is 11.3 Å². The van der Waals surface area contributed by atoms with Crippen molar-refractivity contribution in [1.29, 1.82) is 0 Å². The fourth-order valence-electron chi connectivity index (χ4n) is 1.83. The molecule has 1 amide bonds. The number of carbonyl (C=O) groups excluding carboxylic acids is 1. The Balaban J connectivity index is 1.90. The molecule has 0 spiro atoms. The molecule has 0 aliphatic heterocycles. The summed E-state index contributed by atoms with van der Waals surface area (Å²) < 4.78 is 14.2. The van der Waals surface area contributed by atoms with E-state index in [2.05, 4.69) is 21.2 Å². The summed E-state index contributed by atoms with van der Waals surface area (Å²) in [4.78, 5) is 15.0. The van der Waals surface area contributed by atoms with Crippen molar-refractivity contribution in [1.82, 2.24) is 4.90 Å². The van der Waals surface area contributed by atoms with Crippen LogP contribution in [0, 0.1) is 5.82 Å². The van der Waals surface area contributed by atoms with Crippen molar-refractivity contribution in [3.63, 3.8) is 0 Å². The highest BCUT2D eigenvalue weighted by Crippen LogP contribution is 2.21. The van der Waals surface area contributed by atoms with Crippen molar-refractivity contribution in [2.75, 3.05) is 24.6 Å². The van der Waals surface area contributed by atoms with Crippen molar-refractivity contribution in [3.8, 4) is 0 Å². The predicted octanol–water partition coefficient (Wildman–Crippen LogP) is 3.30. The van der Waals surface area contributed by atoms with E-state index in [1.807, 2.05) is 23.4 Å². The van der Waals surface area contributed by atoms with Gasteiger partial charge in [-0.1, -0.05) is 0 Å². The average molecular weight is 372 g/mol. The number of nitrogen functional groups attached to an aromatic ring is 1. The summed E-state index contributed by atoms with van der Waals surface area (Å²) >= 11 is 5.02. The summed E-state index contributed by atoms with van der Waals surface area (Å²) in [6, 6.07) is 5.91. The van der Waals surface area contributed by atoms with Gasteiger partial charge in [-0.05, 0) is 47.2 Å². The number of anilines is 2. The van der Waals surface area contributed by atoms with E-state index >= 15 is 0 Å². The van der Waals surface area contributed by atoms with Gasteiger partial charge in [0.05, 0.1) is 17.9 Å². The maximum atomic E-state index is 13.1. The molecule has 0 saturated heterocycles. The number of benzene rings is 1. The molecule has 1 aromatic carbocycles. The molecule has 2 rings (SSSR count). The van der Waals surface area contributed by atoms with Crippen LogP contribution in [0.2, 0.25) is 0 Å². The maximum absolute atomic E-state index is 13.1. The number of thiophene rings is 1. The first-order chi connectivity index (χ1) is 9.94.